The van der Waals surface area contributed by atoms with Crippen molar-refractivity contribution in [1.29, 1.82) is 0 Å². The molecule has 2 heterocycles. The van der Waals surface area contributed by atoms with Gasteiger partial charge in [0.15, 0.2) is 0 Å². The molecule has 1 aliphatic carbocycles. The number of amides is 2. The van der Waals surface area contributed by atoms with E-state index in [1.165, 1.54) is 24.2 Å². The monoisotopic (exact) mass is 269 g/mol. The van der Waals surface area contributed by atoms with Gasteiger partial charge >= 0.3 is 0 Å². The van der Waals surface area contributed by atoms with E-state index in [0.29, 0.717) is 20.3 Å². The Morgan fingerprint density at radius 3 is 2.29 bits per heavy atom. The first kappa shape index (κ1) is 11.7. The second kappa shape index (κ2) is 4.05. The smallest absolute Gasteiger partial charge is 0.268 e. The molecule has 3 aliphatic rings. The van der Waals surface area contributed by atoms with Gasteiger partial charge in [-0.3, -0.25) is 14.5 Å². The molecular weight excluding hydrogens is 254 g/mol. The lowest BCUT2D eigenvalue weighted by Gasteiger charge is -2.36. The van der Waals surface area contributed by atoms with Crippen LogP contribution in [0.1, 0.15) is 26.2 Å². The maximum atomic E-state index is 11.9. The normalized spacial score (nSPS) is 37.3. The van der Waals surface area contributed by atoms with Gasteiger partial charge in [0.2, 0.25) is 0 Å². The van der Waals surface area contributed by atoms with Crippen molar-refractivity contribution in [2.45, 2.75) is 36.7 Å². The molecule has 92 valence electrons. The molecule has 0 radical (unpaired) electrons. The van der Waals surface area contributed by atoms with Gasteiger partial charge in [-0.05, 0) is 25.2 Å². The van der Waals surface area contributed by atoms with Crippen molar-refractivity contribution in [2.24, 2.45) is 5.92 Å². The third kappa shape index (κ3) is 1.74. The van der Waals surface area contributed by atoms with Gasteiger partial charge in [0.1, 0.15) is 0 Å². The lowest BCUT2D eigenvalue weighted by Crippen LogP contribution is -2.31. The molecule has 3 atom stereocenters. The van der Waals surface area contributed by atoms with Gasteiger partial charge in [-0.1, -0.05) is 6.92 Å². The molecule has 1 saturated carbocycles. The Morgan fingerprint density at radius 2 is 1.65 bits per heavy atom. The molecule has 0 aromatic rings. The van der Waals surface area contributed by atoms with Crippen LogP contribution < -0.4 is 0 Å². The summed E-state index contributed by atoms with van der Waals surface area (Å²) in [4.78, 5) is 26.5. The fourth-order valence-corrected chi connectivity index (χ4v) is 5.98. The molecule has 0 saturated heterocycles. The Labute approximate surface area is 109 Å². The third-order valence-corrected chi connectivity index (χ3v) is 6.96. The highest BCUT2D eigenvalue weighted by Gasteiger charge is 2.45. The lowest BCUT2D eigenvalue weighted by molar-refractivity contribution is -0.135. The third-order valence-electron chi connectivity index (χ3n) is 3.74. The lowest BCUT2D eigenvalue weighted by atomic mass is 9.90. The second-order valence-corrected chi connectivity index (χ2v) is 7.56. The van der Waals surface area contributed by atoms with E-state index >= 15 is 0 Å². The van der Waals surface area contributed by atoms with E-state index in [-0.39, 0.29) is 11.8 Å². The van der Waals surface area contributed by atoms with Crippen LogP contribution in [0.2, 0.25) is 0 Å². The molecule has 3 unspecified atom stereocenters. The van der Waals surface area contributed by atoms with Crippen LogP contribution in [-0.2, 0) is 9.59 Å². The summed E-state index contributed by atoms with van der Waals surface area (Å²) in [5, 5.41) is 1.05. The molecule has 0 spiro atoms. The number of carbonyl (C=O) groups excluding carboxylic acids is 2. The molecule has 0 bridgehead atoms. The van der Waals surface area contributed by atoms with Crippen LogP contribution in [0, 0.1) is 5.92 Å². The SMILES string of the molecule is CC1CCC2SC3=C(SC2C1)C(=O)N(C)C3=O. The topological polar surface area (TPSA) is 37.4 Å². The Hall–Kier alpha value is -0.420. The predicted molar refractivity (Wildman–Crippen MR) is 70.6 cm³/mol. The second-order valence-electron chi connectivity index (χ2n) is 5.06. The molecule has 0 N–H and O–H groups in total. The van der Waals surface area contributed by atoms with Gasteiger partial charge in [-0.25, -0.2) is 0 Å². The van der Waals surface area contributed by atoms with Gasteiger partial charge in [0.05, 0.1) is 9.81 Å². The van der Waals surface area contributed by atoms with E-state index in [4.69, 9.17) is 0 Å². The largest absolute Gasteiger partial charge is 0.277 e. The molecule has 5 heteroatoms. The Bertz CT molecular complexity index is 432. The van der Waals surface area contributed by atoms with E-state index < -0.39 is 0 Å². The molecule has 17 heavy (non-hydrogen) atoms. The average molecular weight is 269 g/mol. The summed E-state index contributed by atoms with van der Waals surface area (Å²) in [5.41, 5.74) is 0. The summed E-state index contributed by atoms with van der Waals surface area (Å²) in [6.07, 6.45) is 3.59. The molecule has 3 rings (SSSR count). The van der Waals surface area contributed by atoms with Crippen molar-refractivity contribution in [3.63, 3.8) is 0 Å². The minimum Gasteiger partial charge on any atom is -0.277 e. The highest BCUT2D eigenvalue weighted by molar-refractivity contribution is 8.12. The Kier molecular flexibility index (Phi) is 2.78. The average Bonchev–Trinajstić information content (AvgIpc) is 2.52. The predicted octanol–water partition coefficient (Wildman–Crippen LogP) is 2.23. The fraction of sp³-hybridized carbons (Fsp3) is 0.667. The van der Waals surface area contributed by atoms with Crippen molar-refractivity contribution in [3.05, 3.63) is 9.81 Å². The maximum absolute atomic E-state index is 11.9. The van der Waals surface area contributed by atoms with Gasteiger partial charge in [-0.2, -0.15) is 0 Å². The standard InChI is InChI=1S/C12H15NO2S2/c1-6-3-4-7-8(5-6)17-10-9(16-7)11(14)13(2)12(10)15/h6-8H,3-5H2,1-2H3. The quantitative estimate of drug-likeness (QED) is 0.632. The number of carbonyl (C=O) groups is 2. The zero-order valence-electron chi connectivity index (χ0n) is 9.93. The first-order valence-electron chi connectivity index (χ1n) is 5.98. The number of nitrogens with zero attached hydrogens (tertiary/aromatic N) is 1. The van der Waals surface area contributed by atoms with E-state index in [1.54, 1.807) is 30.6 Å². The molecular formula is C12H15NO2S2. The minimum absolute atomic E-state index is 0.0976. The van der Waals surface area contributed by atoms with E-state index in [0.717, 1.165) is 5.92 Å². The van der Waals surface area contributed by atoms with Crippen LogP contribution in [0.4, 0.5) is 0 Å². The van der Waals surface area contributed by atoms with E-state index in [1.807, 2.05) is 0 Å². The van der Waals surface area contributed by atoms with Crippen molar-refractivity contribution < 1.29 is 9.59 Å². The molecule has 2 aliphatic heterocycles. The first-order chi connectivity index (χ1) is 8.08. The number of likely N-dealkylation sites (N-methyl/N-ethyl adjacent to an activating group) is 1. The summed E-state index contributed by atoms with van der Waals surface area (Å²) in [5.74, 6) is 0.551. The van der Waals surface area contributed by atoms with Gasteiger partial charge in [0, 0.05) is 17.5 Å². The van der Waals surface area contributed by atoms with E-state index in [2.05, 4.69) is 6.92 Å². The van der Waals surface area contributed by atoms with Crippen molar-refractivity contribution >= 4 is 35.3 Å². The molecule has 2 amide bonds. The summed E-state index contributed by atoms with van der Waals surface area (Å²) in [7, 11) is 1.58. The number of rotatable bonds is 0. The van der Waals surface area contributed by atoms with Crippen molar-refractivity contribution in [1.82, 2.24) is 4.90 Å². The molecule has 1 fully saturated rings. The van der Waals surface area contributed by atoms with Crippen molar-refractivity contribution in [2.75, 3.05) is 7.05 Å². The number of fused-ring (bicyclic) bond motifs is 1. The van der Waals surface area contributed by atoms with Gasteiger partial charge in [0.25, 0.3) is 11.8 Å². The van der Waals surface area contributed by atoms with Crippen LogP contribution >= 0.6 is 23.5 Å². The Balaban J connectivity index is 1.89. The number of thioether (sulfide) groups is 2. The fourth-order valence-electron chi connectivity index (χ4n) is 2.66. The van der Waals surface area contributed by atoms with Crippen LogP contribution in [0.5, 0.6) is 0 Å². The number of hydrogen-bond donors (Lipinski definition) is 0. The molecule has 0 aromatic carbocycles. The zero-order chi connectivity index (χ0) is 12.2. The number of hydrogen-bond acceptors (Lipinski definition) is 4. The van der Waals surface area contributed by atoms with Crippen LogP contribution in [-0.4, -0.2) is 34.3 Å². The Morgan fingerprint density at radius 1 is 1.06 bits per heavy atom. The first-order valence-corrected chi connectivity index (χ1v) is 7.74. The van der Waals surface area contributed by atoms with E-state index in [9.17, 15) is 9.59 Å². The van der Waals surface area contributed by atoms with Gasteiger partial charge in [-0.15, -0.1) is 23.5 Å². The summed E-state index contributed by atoms with van der Waals surface area (Å²) in [6.45, 7) is 2.28. The molecule has 0 aromatic heterocycles. The van der Waals surface area contributed by atoms with Crippen LogP contribution in [0.25, 0.3) is 0 Å². The van der Waals surface area contributed by atoms with Crippen molar-refractivity contribution in [3.8, 4) is 0 Å². The summed E-state index contributed by atoms with van der Waals surface area (Å²) in [6, 6.07) is 0. The van der Waals surface area contributed by atoms with Crippen LogP contribution in [0.15, 0.2) is 9.81 Å². The highest BCUT2D eigenvalue weighted by atomic mass is 32.2. The highest BCUT2D eigenvalue weighted by Crippen LogP contribution is 2.52. The summed E-state index contributed by atoms with van der Waals surface area (Å²) >= 11 is 3.30. The maximum Gasteiger partial charge on any atom is 0.268 e. The van der Waals surface area contributed by atoms with Gasteiger partial charge < -0.3 is 0 Å². The number of imide groups is 1. The van der Waals surface area contributed by atoms with Crippen LogP contribution in [0.3, 0.4) is 0 Å². The minimum atomic E-state index is -0.0980. The zero-order valence-corrected chi connectivity index (χ0v) is 11.6. The molecule has 3 nitrogen and oxygen atoms in total. The summed E-state index contributed by atoms with van der Waals surface area (Å²) < 4.78 is 0.